The highest BCUT2D eigenvalue weighted by molar-refractivity contribution is 7.80. The molecule has 0 aromatic heterocycles. The molecule has 2 nitrogen and oxygen atoms in total. The van der Waals surface area contributed by atoms with Crippen molar-refractivity contribution in [3.8, 4) is 0 Å². The van der Waals surface area contributed by atoms with Crippen molar-refractivity contribution >= 4 is 34.6 Å². The fourth-order valence-corrected chi connectivity index (χ4v) is 2.57. The molecular weight excluding hydrogens is 288 g/mol. The highest BCUT2D eigenvalue weighted by atomic mass is 35.5. The van der Waals surface area contributed by atoms with Crippen molar-refractivity contribution in [1.82, 2.24) is 5.32 Å². The van der Waals surface area contributed by atoms with Gasteiger partial charge in [0.1, 0.15) is 0 Å². The summed E-state index contributed by atoms with van der Waals surface area (Å²) in [6.45, 7) is 4.19. The number of nitrogens with one attached hydrogen (secondary N) is 2. The van der Waals surface area contributed by atoms with Crippen LogP contribution in [0, 0.1) is 6.92 Å². The molecule has 0 fully saturated rings. The number of hydrogen-bond donors (Lipinski definition) is 2. The molecule has 104 valence electrons. The van der Waals surface area contributed by atoms with Crippen molar-refractivity contribution in [3.05, 3.63) is 64.7 Å². The number of thiocarbonyl (C=S) groups is 1. The van der Waals surface area contributed by atoms with Crippen LogP contribution in [0.4, 0.5) is 5.69 Å². The highest BCUT2D eigenvalue weighted by Crippen LogP contribution is 2.18. The third-order valence-corrected chi connectivity index (χ3v) is 3.54. The summed E-state index contributed by atoms with van der Waals surface area (Å²) < 4.78 is 0. The topological polar surface area (TPSA) is 24.1 Å². The first kappa shape index (κ1) is 14.8. The maximum absolute atomic E-state index is 5.95. The van der Waals surface area contributed by atoms with Gasteiger partial charge in [0.05, 0.1) is 6.04 Å². The van der Waals surface area contributed by atoms with Crippen LogP contribution < -0.4 is 10.6 Å². The summed E-state index contributed by atoms with van der Waals surface area (Å²) in [5, 5.41) is 7.69. The minimum absolute atomic E-state index is 0.149. The number of anilines is 1. The zero-order chi connectivity index (χ0) is 14.5. The van der Waals surface area contributed by atoms with Crippen LogP contribution in [0.3, 0.4) is 0 Å². The Bertz CT molecular complexity index is 613. The molecular formula is C16H17ClN2S. The van der Waals surface area contributed by atoms with Crippen molar-refractivity contribution in [3.63, 3.8) is 0 Å². The molecule has 2 rings (SSSR count). The van der Waals surface area contributed by atoms with E-state index in [9.17, 15) is 0 Å². The van der Waals surface area contributed by atoms with E-state index in [0.717, 1.165) is 5.69 Å². The van der Waals surface area contributed by atoms with Gasteiger partial charge in [-0.3, -0.25) is 0 Å². The summed E-state index contributed by atoms with van der Waals surface area (Å²) in [4.78, 5) is 0. The van der Waals surface area contributed by atoms with E-state index < -0.39 is 0 Å². The smallest absolute Gasteiger partial charge is 0.171 e. The molecule has 1 unspecified atom stereocenters. The molecule has 0 aliphatic rings. The third kappa shape index (κ3) is 3.95. The van der Waals surface area contributed by atoms with Crippen LogP contribution in [0.2, 0.25) is 5.02 Å². The Hall–Kier alpha value is -1.58. The number of hydrogen-bond acceptors (Lipinski definition) is 1. The average Bonchev–Trinajstić information content (AvgIpc) is 2.38. The van der Waals surface area contributed by atoms with Crippen molar-refractivity contribution in [2.24, 2.45) is 0 Å². The maximum Gasteiger partial charge on any atom is 0.171 e. The predicted molar refractivity (Wildman–Crippen MR) is 90.4 cm³/mol. The molecule has 0 spiro atoms. The van der Waals surface area contributed by atoms with E-state index in [1.165, 1.54) is 11.1 Å². The first-order chi connectivity index (χ1) is 9.56. The molecule has 2 aromatic rings. The van der Waals surface area contributed by atoms with Crippen molar-refractivity contribution in [2.75, 3.05) is 5.32 Å². The first-order valence-electron chi connectivity index (χ1n) is 6.45. The summed E-state index contributed by atoms with van der Waals surface area (Å²) >= 11 is 11.3. The van der Waals surface area contributed by atoms with Crippen LogP contribution in [0.1, 0.15) is 24.1 Å². The van der Waals surface area contributed by atoms with E-state index in [1.54, 1.807) is 0 Å². The van der Waals surface area contributed by atoms with E-state index >= 15 is 0 Å². The number of halogens is 1. The number of rotatable bonds is 3. The molecule has 2 aromatic carbocycles. The Balaban J connectivity index is 2.00. The Morgan fingerprint density at radius 2 is 1.90 bits per heavy atom. The molecule has 2 N–H and O–H groups in total. The summed E-state index contributed by atoms with van der Waals surface area (Å²) in [7, 11) is 0. The minimum atomic E-state index is 0.149. The monoisotopic (exact) mass is 304 g/mol. The maximum atomic E-state index is 5.95. The van der Waals surface area contributed by atoms with Crippen LogP contribution in [0.25, 0.3) is 0 Å². The van der Waals surface area contributed by atoms with Gasteiger partial charge in [-0.25, -0.2) is 0 Å². The second-order valence-corrected chi connectivity index (χ2v) is 5.53. The molecule has 0 aliphatic carbocycles. The molecule has 0 bridgehead atoms. The highest BCUT2D eigenvalue weighted by Gasteiger charge is 2.09. The van der Waals surface area contributed by atoms with Gasteiger partial charge in [-0.2, -0.15) is 0 Å². The Morgan fingerprint density at radius 1 is 1.15 bits per heavy atom. The largest absolute Gasteiger partial charge is 0.356 e. The van der Waals surface area contributed by atoms with E-state index in [2.05, 4.69) is 36.6 Å². The Morgan fingerprint density at radius 3 is 2.60 bits per heavy atom. The van der Waals surface area contributed by atoms with Crippen molar-refractivity contribution in [1.29, 1.82) is 0 Å². The lowest BCUT2D eigenvalue weighted by molar-refractivity contribution is 0.717. The summed E-state index contributed by atoms with van der Waals surface area (Å²) in [6, 6.07) is 15.9. The minimum Gasteiger partial charge on any atom is -0.356 e. The standard InChI is InChI=1S/C16H17ClN2S/c1-11-6-3-4-9-15(11)12(2)18-16(20)19-14-8-5-7-13(17)10-14/h3-10,12H,1-2H3,(H2,18,19,20). The lowest BCUT2D eigenvalue weighted by Crippen LogP contribution is -2.31. The first-order valence-corrected chi connectivity index (χ1v) is 7.23. The van der Waals surface area contributed by atoms with Gasteiger partial charge in [-0.05, 0) is 55.4 Å². The summed E-state index contributed by atoms with van der Waals surface area (Å²) in [5.41, 5.74) is 3.37. The van der Waals surface area contributed by atoms with Gasteiger partial charge in [0, 0.05) is 10.7 Å². The fourth-order valence-electron chi connectivity index (χ4n) is 2.08. The van der Waals surface area contributed by atoms with Gasteiger partial charge >= 0.3 is 0 Å². The van der Waals surface area contributed by atoms with E-state index in [0.29, 0.717) is 10.1 Å². The van der Waals surface area contributed by atoms with E-state index in [-0.39, 0.29) is 6.04 Å². The van der Waals surface area contributed by atoms with Gasteiger partial charge in [0.15, 0.2) is 5.11 Å². The zero-order valence-corrected chi connectivity index (χ0v) is 13.1. The third-order valence-electron chi connectivity index (χ3n) is 3.09. The lowest BCUT2D eigenvalue weighted by Gasteiger charge is -2.19. The Kier molecular flexibility index (Phi) is 4.99. The van der Waals surface area contributed by atoms with E-state index in [1.807, 2.05) is 36.4 Å². The van der Waals surface area contributed by atoms with Crippen LogP contribution >= 0.6 is 23.8 Å². The second kappa shape index (κ2) is 6.73. The molecule has 0 heterocycles. The summed E-state index contributed by atoms with van der Waals surface area (Å²) in [6.07, 6.45) is 0. The van der Waals surface area contributed by atoms with Crippen LogP contribution in [0.15, 0.2) is 48.5 Å². The lowest BCUT2D eigenvalue weighted by atomic mass is 10.0. The molecule has 4 heteroatoms. The molecule has 20 heavy (non-hydrogen) atoms. The zero-order valence-electron chi connectivity index (χ0n) is 11.5. The van der Waals surface area contributed by atoms with Gasteiger partial charge in [-0.1, -0.05) is 41.9 Å². The SMILES string of the molecule is Cc1ccccc1C(C)NC(=S)Nc1cccc(Cl)c1. The van der Waals surface area contributed by atoms with Gasteiger partial charge < -0.3 is 10.6 Å². The molecule has 0 radical (unpaired) electrons. The molecule has 0 aliphatic heterocycles. The average molecular weight is 305 g/mol. The van der Waals surface area contributed by atoms with Gasteiger partial charge in [0.25, 0.3) is 0 Å². The van der Waals surface area contributed by atoms with Crippen molar-refractivity contribution in [2.45, 2.75) is 19.9 Å². The molecule has 0 amide bonds. The molecule has 1 atom stereocenters. The Labute approximate surface area is 130 Å². The second-order valence-electron chi connectivity index (χ2n) is 4.69. The quantitative estimate of drug-likeness (QED) is 0.804. The van der Waals surface area contributed by atoms with Gasteiger partial charge in [0.2, 0.25) is 0 Å². The molecule has 0 saturated carbocycles. The fraction of sp³-hybridized carbons (Fsp3) is 0.188. The van der Waals surface area contributed by atoms with E-state index in [4.69, 9.17) is 23.8 Å². The van der Waals surface area contributed by atoms with Gasteiger partial charge in [-0.15, -0.1) is 0 Å². The predicted octanol–water partition coefficient (Wildman–Crippen LogP) is 4.70. The normalized spacial score (nSPS) is 11.8. The van der Waals surface area contributed by atoms with Crippen molar-refractivity contribution < 1.29 is 0 Å². The number of aryl methyl sites for hydroxylation is 1. The van der Waals surface area contributed by atoms with Crippen LogP contribution in [0.5, 0.6) is 0 Å². The summed E-state index contributed by atoms with van der Waals surface area (Å²) in [5.74, 6) is 0. The van der Waals surface area contributed by atoms with Crippen LogP contribution in [-0.4, -0.2) is 5.11 Å². The molecule has 0 saturated heterocycles. The number of benzene rings is 2. The van der Waals surface area contributed by atoms with Crippen LogP contribution in [-0.2, 0) is 0 Å².